The van der Waals surface area contributed by atoms with Crippen molar-refractivity contribution in [2.45, 2.75) is 70.5 Å². The van der Waals surface area contributed by atoms with Gasteiger partial charge >= 0.3 is 6.09 Å². The highest BCUT2D eigenvalue weighted by molar-refractivity contribution is 5.97. The summed E-state index contributed by atoms with van der Waals surface area (Å²) in [5, 5.41) is 17.6. The Morgan fingerprint density at radius 2 is 1.88 bits per heavy atom. The Bertz CT molecular complexity index is 888. The normalized spacial score (nSPS) is 22.8. The van der Waals surface area contributed by atoms with Crippen LogP contribution in [0.5, 0.6) is 0 Å². The largest absolute Gasteiger partial charge is 0.450 e. The molecule has 34 heavy (non-hydrogen) atoms. The van der Waals surface area contributed by atoms with Gasteiger partial charge in [0.15, 0.2) is 5.84 Å². The minimum Gasteiger partial charge on any atom is -0.450 e. The van der Waals surface area contributed by atoms with Gasteiger partial charge in [0.25, 0.3) is 0 Å². The highest BCUT2D eigenvalue weighted by Gasteiger charge is 2.36. The minimum absolute atomic E-state index is 0.0216. The summed E-state index contributed by atoms with van der Waals surface area (Å²) in [6.07, 6.45) is 5.03. The van der Waals surface area contributed by atoms with E-state index in [0.717, 1.165) is 37.7 Å². The van der Waals surface area contributed by atoms with Crippen LogP contribution in [0.15, 0.2) is 29.4 Å². The van der Waals surface area contributed by atoms with Crippen LogP contribution in [0.25, 0.3) is 0 Å². The summed E-state index contributed by atoms with van der Waals surface area (Å²) in [6, 6.07) is 6.46. The van der Waals surface area contributed by atoms with Crippen LogP contribution in [-0.2, 0) is 20.9 Å². The molecule has 2 aliphatic rings. The lowest BCUT2D eigenvalue weighted by atomic mass is 9.82. The van der Waals surface area contributed by atoms with Crippen LogP contribution in [0.2, 0.25) is 0 Å². The van der Waals surface area contributed by atoms with Gasteiger partial charge in [0.1, 0.15) is 6.04 Å². The number of alkyl carbamates (subject to hydrolysis) is 1. The molecule has 3 amide bonds. The first-order valence-corrected chi connectivity index (χ1v) is 12.0. The van der Waals surface area contributed by atoms with Crippen molar-refractivity contribution in [3.8, 4) is 0 Å². The molecule has 3 rings (SSSR count). The molecule has 1 aliphatic carbocycles. The fourth-order valence-electron chi connectivity index (χ4n) is 4.80. The predicted molar refractivity (Wildman–Crippen MR) is 126 cm³/mol. The summed E-state index contributed by atoms with van der Waals surface area (Å²) in [4.78, 5) is 39.6. The molecule has 10 heteroatoms. The van der Waals surface area contributed by atoms with E-state index in [1.54, 1.807) is 36.1 Å². The van der Waals surface area contributed by atoms with Gasteiger partial charge in [0.2, 0.25) is 11.8 Å². The molecule has 0 spiro atoms. The van der Waals surface area contributed by atoms with Crippen molar-refractivity contribution in [3.63, 3.8) is 0 Å². The Morgan fingerprint density at radius 1 is 1.15 bits per heavy atom. The average molecular weight is 474 g/mol. The Hall–Kier alpha value is -3.30. The highest BCUT2D eigenvalue weighted by atomic mass is 16.5. The van der Waals surface area contributed by atoms with Crippen LogP contribution in [-0.4, -0.2) is 59.1 Å². The maximum absolute atomic E-state index is 13.1. The first-order valence-electron chi connectivity index (χ1n) is 12.0. The lowest BCUT2D eigenvalue weighted by Gasteiger charge is -2.33. The fraction of sp³-hybridized carbons (Fsp3) is 0.583. The van der Waals surface area contributed by atoms with Crippen LogP contribution in [0.3, 0.4) is 0 Å². The number of likely N-dealkylation sites (tertiary alicyclic amines) is 1. The molecule has 1 aliphatic heterocycles. The van der Waals surface area contributed by atoms with Gasteiger partial charge in [-0.05, 0) is 44.1 Å². The Kier molecular flexibility index (Phi) is 9.12. The summed E-state index contributed by atoms with van der Waals surface area (Å²) in [6.45, 7) is 2.95. The van der Waals surface area contributed by atoms with E-state index in [1.807, 2.05) is 0 Å². The zero-order valence-corrected chi connectivity index (χ0v) is 19.7. The average Bonchev–Trinajstić information content (AvgIpc) is 3.34. The number of hydrogen-bond acceptors (Lipinski definition) is 6. The number of ether oxygens (including phenoxy) is 1. The SMILES string of the molecule is CCOC(=O)NC1CCCC[C@@H]1CC(=O)N1CCC[C@H]1C(=O)NCc1ccc(C(N)=NO)cc1. The first-order chi connectivity index (χ1) is 16.4. The second kappa shape index (κ2) is 12.2. The molecule has 0 aromatic heterocycles. The molecule has 1 unspecified atom stereocenters. The quantitative estimate of drug-likeness (QED) is 0.197. The van der Waals surface area contributed by atoms with Crippen LogP contribution >= 0.6 is 0 Å². The van der Waals surface area contributed by atoms with Gasteiger partial charge in [-0.1, -0.05) is 42.3 Å². The fourth-order valence-corrected chi connectivity index (χ4v) is 4.80. The van der Waals surface area contributed by atoms with Gasteiger partial charge in [-0.2, -0.15) is 0 Å². The third kappa shape index (κ3) is 6.61. The molecule has 1 saturated heterocycles. The van der Waals surface area contributed by atoms with Crippen LogP contribution in [0.4, 0.5) is 4.79 Å². The van der Waals surface area contributed by atoms with Crippen LogP contribution in [0.1, 0.15) is 63.0 Å². The molecule has 5 N–H and O–H groups in total. The van der Waals surface area contributed by atoms with Gasteiger partial charge in [0.05, 0.1) is 6.61 Å². The maximum atomic E-state index is 13.1. The molecule has 1 aromatic carbocycles. The molecular formula is C24H35N5O5. The van der Waals surface area contributed by atoms with Crippen molar-refractivity contribution in [1.82, 2.24) is 15.5 Å². The van der Waals surface area contributed by atoms with E-state index in [0.29, 0.717) is 38.1 Å². The molecule has 0 radical (unpaired) electrons. The van der Waals surface area contributed by atoms with Gasteiger partial charge in [0, 0.05) is 31.1 Å². The molecule has 1 aromatic rings. The summed E-state index contributed by atoms with van der Waals surface area (Å²) in [5.74, 6) is -0.142. The van der Waals surface area contributed by atoms with Crippen molar-refractivity contribution in [2.75, 3.05) is 13.2 Å². The second-order valence-corrected chi connectivity index (χ2v) is 8.87. The molecule has 2 fully saturated rings. The molecular weight excluding hydrogens is 438 g/mol. The zero-order valence-electron chi connectivity index (χ0n) is 19.7. The van der Waals surface area contributed by atoms with E-state index in [9.17, 15) is 14.4 Å². The monoisotopic (exact) mass is 473 g/mol. The highest BCUT2D eigenvalue weighted by Crippen LogP contribution is 2.29. The number of hydrogen-bond donors (Lipinski definition) is 4. The van der Waals surface area contributed by atoms with Gasteiger partial charge < -0.3 is 31.2 Å². The number of nitrogens with one attached hydrogen (secondary N) is 2. The van der Waals surface area contributed by atoms with Crippen molar-refractivity contribution in [3.05, 3.63) is 35.4 Å². The van der Waals surface area contributed by atoms with E-state index < -0.39 is 12.1 Å². The zero-order chi connectivity index (χ0) is 24.5. The molecule has 10 nitrogen and oxygen atoms in total. The van der Waals surface area contributed by atoms with E-state index in [2.05, 4.69) is 15.8 Å². The number of amides is 3. The maximum Gasteiger partial charge on any atom is 0.407 e. The van der Waals surface area contributed by atoms with Crippen LogP contribution in [0, 0.1) is 5.92 Å². The summed E-state index contributed by atoms with van der Waals surface area (Å²) in [5.41, 5.74) is 7.03. The standard InChI is InChI=1S/C24H35N5O5/c1-2-34-24(32)27-19-7-4-3-6-18(19)14-21(30)29-13-5-8-20(29)23(31)26-15-16-9-11-17(12-10-16)22(25)28-33/h9-12,18-20,33H,2-8,13-15H2,1H3,(H2,25,28)(H,26,31)(H,27,32)/t18-,19?,20+/m1/s1. The van der Waals surface area contributed by atoms with Crippen molar-refractivity contribution in [2.24, 2.45) is 16.8 Å². The number of oxime groups is 1. The van der Waals surface area contributed by atoms with E-state index >= 15 is 0 Å². The lowest BCUT2D eigenvalue weighted by Crippen LogP contribution is -2.48. The number of carbonyl (C=O) groups is 3. The van der Waals surface area contributed by atoms with Gasteiger partial charge in [-0.15, -0.1) is 0 Å². The Balaban J connectivity index is 1.54. The van der Waals surface area contributed by atoms with Crippen molar-refractivity contribution < 1.29 is 24.3 Å². The van der Waals surface area contributed by atoms with Gasteiger partial charge in [-0.3, -0.25) is 9.59 Å². The number of nitrogens with two attached hydrogens (primary N) is 1. The van der Waals surface area contributed by atoms with E-state index in [1.165, 1.54) is 0 Å². The summed E-state index contributed by atoms with van der Waals surface area (Å²) >= 11 is 0. The van der Waals surface area contributed by atoms with E-state index in [-0.39, 0.29) is 29.6 Å². The summed E-state index contributed by atoms with van der Waals surface area (Å²) in [7, 11) is 0. The molecule has 3 atom stereocenters. The molecule has 1 saturated carbocycles. The number of carbonyl (C=O) groups excluding carboxylic acids is 3. The summed E-state index contributed by atoms with van der Waals surface area (Å²) < 4.78 is 5.01. The predicted octanol–water partition coefficient (Wildman–Crippen LogP) is 2.08. The second-order valence-electron chi connectivity index (χ2n) is 8.87. The lowest BCUT2D eigenvalue weighted by molar-refractivity contribution is -0.139. The number of nitrogens with zero attached hydrogens (tertiary/aromatic N) is 2. The van der Waals surface area contributed by atoms with Crippen molar-refractivity contribution in [1.29, 1.82) is 0 Å². The first kappa shape index (κ1) is 25.3. The Labute approximate surface area is 199 Å². The van der Waals surface area contributed by atoms with Gasteiger partial charge in [-0.25, -0.2) is 4.79 Å². The molecule has 1 heterocycles. The minimum atomic E-state index is -0.482. The van der Waals surface area contributed by atoms with Crippen LogP contribution < -0.4 is 16.4 Å². The molecule has 186 valence electrons. The third-order valence-corrected chi connectivity index (χ3v) is 6.62. The van der Waals surface area contributed by atoms with Crippen molar-refractivity contribution >= 4 is 23.7 Å². The van der Waals surface area contributed by atoms with E-state index in [4.69, 9.17) is 15.7 Å². The number of amidine groups is 1. The number of benzene rings is 1. The number of rotatable bonds is 8. The smallest absolute Gasteiger partial charge is 0.407 e. The third-order valence-electron chi connectivity index (χ3n) is 6.62. The molecule has 0 bridgehead atoms. The topological polar surface area (TPSA) is 146 Å². The Morgan fingerprint density at radius 3 is 2.59 bits per heavy atom.